The van der Waals surface area contributed by atoms with Crippen LogP contribution < -0.4 is 10.6 Å². The second-order valence-corrected chi connectivity index (χ2v) is 10.6. The Balaban J connectivity index is 1.78. The molecule has 2 fully saturated rings. The van der Waals surface area contributed by atoms with E-state index in [1.807, 2.05) is 13.0 Å². The first-order valence-corrected chi connectivity index (χ1v) is 11.5. The van der Waals surface area contributed by atoms with Crippen LogP contribution in [-0.4, -0.2) is 33.2 Å². The summed E-state index contributed by atoms with van der Waals surface area (Å²) in [5.41, 5.74) is 0.170. The number of thiocarbonyl (C=S) groups is 1. The quantitative estimate of drug-likeness (QED) is 0.526. The average molecular weight is 406 g/mol. The molecule has 1 aliphatic heterocycles. The summed E-state index contributed by atoms with van der Waals surface area (Å²) >= 11 is 5.99. The molecule has 0 atom stereocenters. The minimum Gasteiger partial charge on any atom is -0.464 e. The molecule has 28 heavy (non-hydrogen) atoms. The summed E-state index contributed by atoms with van der Waals surface area (Å²) in [4.78, 5) is 2.41. The number of furan rings is 1. The number of nitrogens with one attached hydrogen (secondary N) is 2. The molecule has 4 nitrogen and oxygen atoms in total. The fourth-order valence-electron chi connectivity index (χ4n) is 5.27. The molecule has 0 radical (unpaired) electrons. The summed E-state index contributed by atoms with van der Waals surface area (Å²) in [5, 5.41) is 8.44. The maximum absolute atomic E-state index is 5.99. The van der Waals surface area contributed by atoms with E-state index in [1.54, 1.807) is 0 Å². The van der Waals surface area contributed by atoms with E-state index in [1.165, 1.54) is 38.5 Å². The van der Waals surface area contributed by atoms with Crippen LogP contribution in [-0.2, 0) is 6.54 Å². The molecule has 2 aliphatic rings. The molecule has 0 unspecified atom stereocenters. The standard InChI is InChI=1S/C23H39N3OS/c1-17-12-13-20(27-17)16-26(19-14-22(2,3)25-23(4,5)15-19)21(28)24-18-10-8-6-7-9-11-18/h12-13,18-19,25H,6-11,14-16H2,1-5H3,(H,24,28). The summed E-state index contributed by atoms with van der Waals surface area (Å²) in [6.45, 7) is 12.0. The maximum Gasteiger partial charge on any atom is 0.169 e. The summed E-state index contributed by atoms with van der Waals surface area (Å²) in [6.07, 6.45) is 9.95. The van der Waals surface area contributed by atoms with Gasteiger partial charge in [-0.25, -0.2) is 0 Å². The lowest BCUT2D eigenvalue weighted by Gasteiger charge is -2.50. The van der Waals surface area contributed by atoms with Crippen LogP contribution >= 0.6 is 12.2 Å². The Bertz CT molecular complexity index is 643. The SMILES string of the molecule is Cc1ccc(CN(C(=S)NC2CCCCCC2)C2CC(C)(C)NC(C)(C)C2)o1. The molecule has 1 aromatic rings. The van der Waals surface area contributed by atoms with Gasteiger partial charge in [-0.1, -0.05) is 25.7 Å². The zero-order valence-electron chi connectivity index (χ0n) is 18.4. The van der Waals surface area contributed by atoms with Gasteiger partial charge in [-0.3, -0.25) is 0 Å². The van der Waals surface area contributed by atoms with Crippen LogP contribution in [0.5, 0.6) is 0 Å². The molecule has 1 saturated carbocycles. The highest BCUT2D eigenvalue weighted by molar-refractivity contribution is 7.80. The first-order valence-electron chi connectivity index (χ1n) is 11.1. The zero-order valence-corrected chi connectivity index (χ0v) is 19.3. The number of rotatable bonds is 4. The third kappa shape index (κ3) is 5.96. The lowest BCUT2D eigenvalue weighted by molar-refractivity contribution is 0.0958. The molecule has 2 N–H and O–H groups in total. The average Bonchev–Trinajstić information content (AvgIpc) is 2.80. The number of piperidine rings is 1. The Morgan fingerprint density at radius 2 is 1.71 bits per heavy atom. The van der Waals surface area contributed by atoms with E-state index in [9.17, 15) is 0 Å². The maximum atomic E-state index is 5.99. The van der Waals surface area contributed by atoms with Crippen LogP contribution in [0.2, 0.25) is 0 Å². The second kappa shape index (κ2) is 8.74. The van der Waals surface area contributed by atoms with Crippen molar-refractivity contribution in [3.05, 3.63) is 23.7 Å². The number of hydrogen-bond donors (Lipinski definition) is 2. The van der Waals surface area contributed by atoms with Crippen molar-refractivity contribution in [1.29, 1.82) is 0 Å². The molecule has 0 bridgehead atoms. The molecule has 1 aromatic heterocycles. The molecular formula is C23H39N3OS. The van der Waals surface area contributed by atoms with Gasteiger partial charge in [0.1, 0.15) is 11.5 Å². The normalized spacial score (nSPS) is 23.2. The van der Waals surface area contributed by atoms with Gasteiger partial charge < -0.3 is 20.0 Å². The highest BCUT2D eigenvalue weighted by atomic mass is 32.1. The van der Waals surface area contributed by atoms with E-state index < -0.39 is 0 Å². The lowest BCUT2D eigenvalue weighted by atomic mass is 9.79. The molecule has 1 aliphatic carbocycles. The van der Waals surface area contributed by atoms with Crippen molar-refractivity contribution in [2.75, 3.05) is 0 Å². The van der Waals surface area contributed by atoms with Gasteiger partial charge in [-0.2, -0.15) is 0 Å². The predicted octanol–water partition coefficient (Wildman–Crippen LogP) is 5.30. The number of aryl methyl sites for hydroxylation is 1. The van der Waals surface area contributed by atoms with E-state index in [4.69, 9.17) is 16.6 Å². The molecule has 5 heteroatoms. The summed E-state index contributed by atoms with van der Waals surface area (Å²) in [6, 6.07) is 5.04. The van der Waals surface area contributed by atoms with E-state index in [2.05, 4.69) is 49.3 Å². The van der Waals surface area contributed by atoms with Crippen molar-refractivity contribution in [2.45, 2.75) is 116 Å². The first-order chi connectivity index (χ1) is 13.1. The smallest absolute Gasteiger partial charge is 0.169 e. The van der Waals surface area contributed by atoms with Gasteiger partial charge in [-0.15, -0.1) is 0 Å². The minimum absolute atomic E-state index is 0.0850. The van der Waals surface area contributed by atoms with E-state index >= 15 is 0 Å². The largest absolute Gasteiger partial charge is 0.464 e. The van der Waals surface area contributed by atoms with Crippen molar-refractivity contribution >= 4 is 17.3 Å². The molecular weight excluding hydrogens is 366 g/mol. The molecule has 0 aromatic carbocycles. The van der Waals surface area contributed by atoms with Crippen molar-refractivity contribution in [3.8, 4) is 0 Å². The predicted molar refractivity (Wildman–Crippen MR) is 121 cm³/mol. The number of hydrogen-bond acceptors (Lipinski definition) is 3. The van der Waals surface area contributed by atoms with Gasteiger partial charge in [0.05, 0.1) is 6.54 Å². The molecule has 1 saturated heterocycles. The van der Waals surface area contributed by atoms with Crippen LogP contribution in [0, 0.1) is 6.92 Å². The Labute approximate surface area is 176 Å². The Morgan fingerprint density at radius 3 is 2.25 bits per heavy atom. The topological polar surface area (TPSA) is 40.4 Å². The van der Waals surface area contributed by atoms with Crippen molar-refractivity contribution in [2.24, 2.45) is 0 Å². The highest BCUT2D eigenvalue weighted by Gasteiger charge is 2.41. The third-order valence-corrected chi connectivity index (χ3v) is 6.53. The van der Waals surface area contributed by atoms with Crippen LogP contribution in [0.1, 0.15) is 90.6 Å². The highest BCUT2D eigenvalue weighted by Crippen LogP contribution is 2.33. The fourth-order valence-corrected chi connectivity index (χ4v) is 5.66. The Hall–Kier alpha value is -1.07. The van der Waals surface area contributed by atoms with Gasteiger partial charge in [0.2, 0.25) is 0 Å². The van der Waals surface area contributed by atoms with Crippen molar-refractivity contribution in [3.63, 3.8) is 0 Å². The first kappa shape index (κ1) is 21.6. The summed E-state index contributed by atoms with van der Waals surface area (Å²) in [5.74, 6) is 1.96. The van der Waals surface area contributed by atoms with Crippen LogP contribution in [0.15, 0.2) is 16.5 Å². The summed E-state index contributed by atoms with van der Waals surface area (Å²) in [7, 11) is 0. The Morgan fingerprint density at radius 1 is 1.11 bits per heavy atom. The van der Waals surface area contributed by atoms with Crippen LogP contribution in [0.25, 0.3) is 0 Å². The molecule has 3 rings (SSSR count). The Kier molecular flexibility index (Phi) is 6.76. The molecule has 0 spiro atoms. The lowest BCUT2D eigenvalue weighted by Crippen LogP contribution is -2.63. The van der Waals surface area contributed by atoms with Crippen LogP contribution in [0.4, 0.5) is 0 Å². The van der Waals surface area contributed by atoms with Gasteiger partial charge in [-0.05, 0) is 84.7 Å². The molecule has 0 amide bonds. The summed E-state index contributed by atoms with van der Waals surface area (Å²) < 4.78 is 5.92. The van der Waals surface area contributed by atoms with Gasteiger partial charge >= 0.3 is 0 Å². The van der Waals surface area contributed by atoms with E-state index in [0.29, 0.717) is 12.1 Å². The minimum atomic E-state index is 0.0850. The van der Waals surface area contributed by atoms with Crippen molar-refractivity contribution < 1.29 is 4.42 Å². The monoisotopic (exact) mass is 405 g/mol. The number of nitrogens with zero attached hydrogens (tertiary/aromatic N) is 1. The zero-order chi connectivity index (χ0) is 20.4. The van der Waals surface area contributed by atoms with Crippen LogP contribution in [0.3, 0.4) is 0 Å². The van der Waals surface area contributed by atoms with Gasteiger partial charge in [0, 0.05) is 23.2 Å². The molecule has 2 heterocycles. The van der Waals surface area contributed by atoms with Gasteiger partial charge in [0.15, 0.2) is 5.11 Å². The van der Waals surface area contributed by atoms with Gasteiger partial charge in [0.25, 0.3) is 0 Å². The fraction of sp³-hybridized carbons (Fsp3) is 0.783. The van der Waals surface area contributed by atoms with E-state index in [0.717, 1.165) is 36.0 Å². The van der Waals surface area contributed by atoms with Crippen molar-refractivity contribution in [1.82, 2.24) is 15.5 Å². The molecule has 158 valence electrons. The third-order valence-electron chi connectivity index (χ3n) is 6.18. The van der Waals surface area contributed by atoms with E-state index in [-0.39, 0.29) is 11.1 Å². The second-order valence-electron chi connectivity index (χ2n) is 10.2.